The molecule has 1 saturated heterocycles. The summed E-state index contributed by atoms with van der Waals surface area (Å²) < 4.78 is 22.1. The molecule has 13 heavy (non-hydrogen) atoms. The molecule has 1 rings (SSSR count). The number of alkyl halides is 1. The number of esters is 2. The SMILES string of the molecule is CC(C)(F)C(=O)OC1CCOC1=O. The molecule has 4 nitrogen and oxygen atoms in total. The summed E-state index contributed by atoms with van der Waals surface area (Å²) in [6.07, 6.45) is -0.622. The van der Waals surface area contributed by atoms with Crippen LogP contribution in [-0.4, -0.2) is 30.3 Å². The fraction of sp³-hybridized carbons (Fsp3) is 0.750. The quantitative estimate of drug-likeness (QED) is 0.598. The molecule has 0 aliphatic carbocycles. The van der Waals surface area contributed by atoms with Gasteiger partial charge in [0, 0.05) is 6.42 Å². The first-order valence-electron chi connectivity index (χ1n) is 3.98. The monoisotopic (exact) mass is 190 g/mol. The van der Waals surface area contributed by atoms with Gasteiger partial charge in [0.2, 0.25) is 11.8 Å². The predicted molar refractivity (Wildman–Crippen MR) is 40.6 cm³/mol. The molecule has 5 heteroatoms. The number of carbonyl (C=O) groups is 2. The zero-order valence-electron chi connectivity index (χ0n) is 7.50. The van der Waals surface area contributed by atoms with Gasteiger partial charge in [-0.2, -0.15) is 0 Å². The molecule has 1 unspecified atom stereocenters. The van der Waals surface area contributed by atoms with Crippen molar-refractivity contribution in [1.82, 2.24) is 0 Å². The van der Waals surface area contributed by atoms with Crippen molar-refractivity contribution < 1.29 is 23.5 Å². The molecular formula is C8H11FO4. The average Bonchev–Trinajstić information content (AvgIpc) is 2.34. The average molecular weight is 190 g/mol. The number of halogens is 1. The lowest BCUT2D eigenvalue weighted by atomic mass is 10.2. The van der Waals surface area contributed by atoms with Gasteiger partial charge in [-0.1, -0.05) is 0 Å². The van der Waals surface area contributed by atoms with Gasteiger partial charge in [0.1, 0.15) is 0 Å². The van der Waals surface area contributed by atoms with Gasteiger partial charge in [0.05, 0.1) is 6.61 Å². The highest BCUT2D eigenvalue weighted by Gasteiger charge is 2.36. The summed E-state index contributed by atoms with van der Waals surface area (Å²) in [6.45, 7) is 2.38. The molecule has 0 saturated carbocycles. The Bertz CT molecular complexity index is 231. The van der Waals surface area contributed by atoms with Crippen LogP contribution >= 0.6 is 0 Å². The highest BCUT2D eigenvalue weighted by Crippen LogP contribution is 2.16. The Hall–Kier alpha value is -1.13. The molecule has 0 bridgehead atoms. The largest absolute Gasteiger partial charge is 0.463 e. The van der Waals surface area contributed by atoms with E-state index in [0.29, 0.717) is 6.42 Å². The molecule has 0 N–H and O–H groups in total. The van der Waals surface area contributed by atoms with Crippen LogP contribution in [0, 0.1) is 0 Å². The van der Waals surface area contributed by atoms with Crippen LogP contribution in [0.4, 0.5) is 4.39 Å². The fourth-order valence-corrected chi connectivity index (χ4v) is 0.854. The summed E-state index contributed by atoms with van der Waals surface area (Å²) in [4.78, 5) is 21.8. The van der Waals surface area contributed by atoms with Gasteiger partial charge in [-0.05, 0) is 13.8 Å². The highest BCUT2D eigenvalue weighted by atomic mass is 19.1. The number of cyclic esters (lactones) is 1. The van der Waals surface area contributed by atoms with Crippen molar-refractivity contribution >= 4 is 11.9 Å². The van der Waals surface area contributed by atoms with E-state index in [1.807, 2.05) is 0 Å². The maximum atomic E-state index is 12.9. The molecule has 0 spiro atoms. The third-order valence-corrected chi connectivity index (χ3v) is 1.62. The Kier molecular flexibility index (Phi) is 2.54. The summed E-state index contributed by atoms with van der Waals surface area (Å²) in [5, 5.41) is 0. The molecule has 0 amide bonds. The smallest absolute Gasteiger partial charge is 0.347 e. The number of hydrogen-bond donors (Lipinski definition) is 0. The Morgan fingerprint density at radius 2 is 2.31 bits per heavy atom. The Morgan fingerprint density at radius 3 is 2.69 bits per heavy atom. The van der Waals surface area contributed by atoms with Crippen LogP contribution in [0.25, 0.3) is 0 Å². The lowest BCUT2D eigenvalue weighted by Crippen LogP contribution is -2.33. The zero-order chi connectivity index (χ0) is 10.1. The van der Waals surface area contributed by atoms with E-state index in [2.05, 4.69) is 9.47 Å². The Labute approximate surface area is 75.0 Å². The normalized spacial score (nSPS) is 22.7. The van der Waals surface area contributed by atoms with E-state index in [-0.39, 0.29) is 6.61 Å². The summed E-state index contributed by atoms with van der Waals surface area (Å²) in [7, 11) is 0. The summed E-state index contributed by atoms with van der Waals surface area (Å²) in [5.41, 5.74) is -2.07. The van der Waals surface area contributed by atoms with E-state index in [4.69, 9.17) is 0 Å². The maximum Gasteiger partial charge on any atom is 0.347 e. The van der Waals surface area contributed by atoms with Crippen molar-refractivity contribution in [1.29, 1.82) is 0 Å². The standard InChI is InChI=1S/C8H11FO4/c1-8(2,9)7(11)13-5-3-4-12-6(5)10/h5H,3-4H2,1-2H3. The van der Waals surface area contributed by atoms with E-state index in [0.717, 1.165) is 13.8 Å². The first-order chi connectivity index (χ1) is 5.91. The minimum Gasteiger partial charge on any atom is -0.463 e. The van der Waals surface area contributed by atoms with Crippen LogP contribution in [0.2, 0.25) is 0 Å². The van der Waals surface area contributed by atoms with Crippen LogP contribution in [0.3, 0.4) is 0 Å². The van der Waals surface area contributed by atoms with Gasteiger partial charge in [0.25, 0.3) is 0 Å². The molecule has 0 aromatic rings. The molecular weight excluding hydrogens is 179 g/mol. The molecule has 1 atom stereocenters. The second-order valence-electron chi connectivity index (χ2n) is 3.32. The summed E-state index contributed by atoms with van der Waals surface area (Å²) in [6, 6.07) is 0. The minimum absolute atomic E-state index is 0.226. The molecule has 0 radical (unpaired) electrons. The lowest BCUT2D eigenvalue weighted by Gasteiger charge is -2.15. The van der Waals surface area contributed by atoms with Crippen molar-refractivity contribution in [2.75, 3.05) is 6.61 Å². The van der Waals surface area contributed by atoms with Crippen LogP contribution < -0.4 is 0 Å². The van der Waals surface area contributed by atoms with Crippen LogP contribution in [-0.2, 0) is 19.1 Å². The van der Waals surface area contributed by atoms with Gasteiger partial charge in [-0.25, -0.2) is 14.0 Å². The Balaban J connectivity index is 2.49. The van der Waals surface area contributed by atoms with Gasteiger partial charge in [-0.15, -0.1) is 0 Å². The fourth-order valence-electron chi connectivity index (χ4n) is 0.854. The second-order valence-corrected chi connectivity index (χ2v) is 3.32. The maximum absolute atomic E-state index is 12.9. The number of ether oxygens (including phenoxy) is 2. The first kappa shape index (κ1) is 9.95. The number of rotatable bonds is 2. The van der Waals surface area contributed by atoms with Crippen molar-refractivity contribution in [2.45, 2.75) is 32.0 Å². The second kappa shape index (κ2) is 3.32. The van der Waals surface area contributed by atoms with Crippen LogP contribution in [0.1, 0.15) is 20.3 Å². The first-order valence-corrected chi connectivity index (χ1v) is 3.98. The molecule has 1 heterocycles. The van der Waals surface area contributed by atoms with Gasteiger partial charge < -0.3 is 9.47 Å². The summed E-state index contributed by atoms with van der Waals surface area (Å²) >= 11 is 0. The van der Waals surface area contributed by atoms with Crippen molar-refractivity contribution in [3.8, 4) is 0 Å². The van der Waals surface area contributed by atoms with E-state index in [9.17, 15) is 14.0 Å². The summed E-state index contributed by atoms with van der Waals surface area (Å²) in [5.74, 6) is -1.63. The lowest BCUT2D eigenvalue weighted by molar-refractivity contribution is -0.168. The third kappa shape index (κ3) is 2.40. The van der Waals surface area contributed by atoms with Gasteiger partial charge >= 0.3 is 11.9 Å². The Morgan fingerprint density at radius 1 is 1.69 bits per heavy atom. The minimum atomic E-state index is -2.07. The van der Waals surface area contributed by atoms with Gasteiger partial charge in [-0.3, -0.25) is 0 Å². The molecule has 1 aliphatic rings. The number of hydrogen-bond acceptors (Lipinski definition) is 4. The van der Waals surface area contributed by atoms with Crippen molar-refractivity contribution in [3.63, 3.8) is 0 Å². The molecule has 0 aromatic heterocycles. The van der Waals surface area contributed by atoms with Crippen molar-refractivity contribution in [3.05, 3.63) is 0 Å². The topological polar surface area (TPSA) is 52.6 Å². The number of carbonyl (C=O) groups excluding carboxylic acids is 2. The van der Waals surface area contributed by atoms with E-state index >= 15 is 0 Å². The zero-order valence-corrected chi connectivity index (χ0v) is 7.50. The molecule has 1 aliphatic heterocycles. The van der Waals surface area contributed by atoms with Crippen LogP contribution in [0.15, 0.2) is 0 Å². The van der Waals surface area contributed by atoms with E-state index < -0.39 is 23.7 Å². The third-order valence-electron chi connectivity index (χ3n) is 1.62. The van der Waals surface area contributed by atoms with Crippen molar-refractivity contribution in [2.24, 2.45) is 0 Å². The van der Waals surface area contributed by atoms with Gasteiger partial charge in [0.15, 0.2) is 0 Å². The predicted octanol–water partition coefficient (Wildman–Crippen LogP) is 0.593. The molecule has 1 fully saturated rings. The highest BCUT2D eigenvalue weighted by molar-refractivity contribution is 5.84. The van der Waals surface area contributed by atoms with E-state index in [1.54, 1.807) is 0 Å². The molecule has 0 aromatic carbocycles. The van der Waals surface area contributed by atoms with E-state index in [1.165, 1.54) is 0 Å². The van der Waals surface area contributed by atoms with Crippen LogP contribution in [0.5, 0.6) is 0 Å². The molecule has 74 valence electrons.